The summed E-state index contributed by atoms with van der Waals surface area (Å²) in [7, 11) is 0. The lowest BCUT2D eigenvalue weighted by molar-refractivity contribution is -0.138. The van der Waals surface area contributed by atoms with Gasteiger partial charge in [0.25, 0.3) is 6.47 Å². The summed E-state index contributed by atoms with van der Waals surface area (Å²) in [5.41, 5.74) is 1.93. The lowest BCUT2D eigenvalue weighted by Crippen LogP contribution is -2.17. The predicted molar refractivity (Wildman–Crippen MR) is 46.0 cm³/mol. The number of benzene rings is 1. The van der Waals surface area contributed by atoms with E-state index in [4.69, 9.17) is 4.74 Å². The van der Waals surface area contributed by atoms with Crippen LogP contribution in [0.1, 0.15) is 17.2 Å². The number of rotatable bonds is 2. The molecular formula is C10H10O3. The number of aliphatic hydroxyl groups excluding tert-OH is 1. The van der Waals surface area contributed by atoms with E-state index in [1.54, 1.807) is 0 Å². The van der Waals surface area contributed by atoms with Gasteiger partial charge in [0.05, 0.1) is 0 Å². The molecule has 2 atom stereocenters. The summed E-state index contributed by atoms with van der Waals surface area (Å²) in [4.78, 5) is 10.1. The van der Waals surface area contributed by atoms with E-state index in [2.05, 4.69) is 0 Å². The van der Waals surface area contributed by atoms with Crippen molar-refractivity contribution in [3.8, 4) is 0 Å². The zero-order chi connectivity index (χ0) is 9.26. The first-order chi connectivity index (χ1) is 6.33. The normalized spacial score (nSPS) is 25.3. The van der Waals surface area contributed by atoms with Crippen molar-refractivity contribution in [1.29, 1.82) is 0 Å². The number of hydrogen-bond donors (Lipinski definition) is 1. The topological polar surface area (TPSA) is 46.5 Å². The van der Waals surface area contributed by atoms with Crippen LogP contribution in [-0.4, -0.2) is 17.7 Å². The van der Waals surface area contributed by atoms with Crippen LogP contribution in [0.5, 0.6) is 0 Å². The molecular weight excluding hydrogens is 168 g/mol. The van der Waals surface area contributed by atoms with Gasteiger partial charge in [-0.1, -0.05) is 24.3 Å². The molecule has 0 saturated carbocycles. The summed E-state index contributed by atoms with van der Waals surface area (Å²) in [6, 6.07) is 7.57. The highest BCUT2D eigenvalue weighted by Crippen LogP contribution is 2.32. The molecule has 3 heteroatoms. The molecule has 0 radical (unpaired) electrons. The zero-order valence-electron chi connectivity index (χ0n) is 7.01. The van der Waals surface area contributed by atoms with Crippen LogP contribution < -0.4 is 0 Å². The molecule has 13 heavy (non-hydrogen) atoms. The van der Waals surface area contributed by atoms with E-state index < -0.39 is 12.2 Å². The van der Waals surface area contributed by atoms with Gasteiger partial charge in [0.15, 0.2) is 0 Å². The predicted octanol–water partition coefficient (Wildman–Crippen LogP) is 0.818. The fraction of sp³-hybridized carbons (Fsp3) is 0.300. The van der Waals surface area contributed by atoms with Crippen molar-refractivity contribution in [3.63, 3.8) is 0 Å². The van der Waals surface area contributed by atoms with Crippen molar-refractivity contribution in [1.82, 2.24) is 0 Å². The van der Waals surface area contributed by atoms with E-state index in [0.29, 0.717) is 12.9 Å². The first kappa shape index (κ1) is 8.26. The van der Waals surface area contributed by atoms with Crippen molar-refractivity contribution in [2.75, 3.05) is 0 Å². The van der Waals surface area contributed by atoms with E-state index in [9.17, 15) is 9.90 Å². The van der Waals surface area contributed by atoms with Gasteiger partial charge in [-0.05, 0) is 11.1 Å². The van der Waals surface area contributed by atoms with Crippen molar-refractivity contribution in [3.05, 3.63) is 35.4 Å². The summed E-state index contributed by atoms with van der Waals surface area (Å²) in [6.07, 6.45) is -0.466. The van der Waals surface area contributed by atoms with E-state index in [1.807, 2.05) is 24.3 Å². The average molecular weight is 178 g/mol. The number of fused-ring (bicyclic) bond motifs is 1. The van der Waals surface area contributed by atoms with E-state index >= 15 is 0 Å². The highest BCUT2D eigenvalue weighted by molar-refractivity contribution is 5.41. The Morgan fingerprint density at radius 3 is 2.92 bits per heavy atom. The van der Waals surface area contributed by atoms with Gasteiger partial charge in [0.2, 0.25) is 0 Å². The number of ether oxygens (including phenoxy) is 1. The molecule has 1 aromatic rings. The zero-order valence-corrected chi connectivity index (χ0v) is 7.01. The third-order valence-electron chi connectivity index (χ3n) is 2.38. The third-order valence-corrected chi connectivity index (χ3v) is 2.38. The van der Waals surface area contributed by atoms with Gasteiger partial charge in [0, 0.05) is 6.42 Å². The molecule has 0 saturated heterocycles. The van der Waals surface area contributed by atoms with Crippen LogP contribution in [-0.2, 0) is 16.0 Å². The highest BCUT2D eigenvalue weighted by Gasteiger charge is 2.31. The lowest BCUT2D eigenvalue weighted by atomic mass is 10.1. The molecule has 0 aliphatic heterocycles. The molecule has 0 unspecified atom stereocenters. The van der Waals surface area contributed by atoms with Crippen LogP contribution in [0.3, 0.4) is 0 Å². The van der Waals surface area contributed by atoms with Gasteiger partial charge in [-0.25, -0.2) is 0 Å². The lowest BCUT2D eigenvalue weighted by Gasteiger charge is -2.11. The first-order valence-corrected chi connectivity index (χ1v) is 4.18. The van der Waals surface area contributed by atoms with Crippen LogP contribution in [0, 0.1) is 0 Å². The minimum Gasteiger partial charge on any atom is -0.461 e. The largest absolute Gasteiger partial charge is 0.461 e. The van der Waals surface area contributed by atoms with Crippen LogP contribution in [0.15, 0.2) is 24.3 Å². The van der Waals surface area contributed by atoms with E-state index in [-0.39, 0.29) is 0 Å². The maximum Gasteiger partial charge on any atom is 0.293 e. The molecule has 3 nitrogen and oxygen atoms in total. The SMILES string of the molecule is O=CO[C@H]1Cc2ccccc2[C@H]1O. The molecule has 0 bridgehead atoms. The Balaban J connectivity index is 2.27. The molecule has 68 valence electrons. The Hall–Kier alpha value is -1.35. The molecule has 0 heterocycles. The maximum absolute atomic E-state index is 10.1. The third kappa shape index (κ3) is 1.31. The number of hydrogen-bond acceptors (Lipinski definition) is 3. The number of carbonyl (C=O) groups excluding carboxylic acids is 1. The standard InChI is InChI=1S/C10H10O3/c11-6-13-9-5-7-3-1-2-4-8(7)10(9)12/h1-4,6,9-10,12H,5H2/t9-,10+/m0/s1. The van der Waals surface area contributed by atoms with E-state index in [0.717, 1.165) is 11.1 Å². The van der Waals surface area contributed by atoms with Gasteiger partial charge < -0.3 is 9.84 Å². The van der Waals surface area contributed by atoms with Crippen LogP contribution in [0.4, 0.5) is 0 Å². The second kappa shape index (κ2) is 3.18. The van der Waals surface area contributed by atoms with Crippen molar-refractivity contribution < 1.29 is 14.6 Å². The second-order valence-electron chi connectivity index (χ2n) is 3.12. The Kier molecular flexibility index (Phi) is 2.02. The molecule has 2 rings (SSSR count). The van der Waals surface area contributed by atoms with E-state index in [1.165, 1.54) is 0 Å². The summed E-state index contributed by atoms with van der Waals surface area (Å²) in [5, 5.41) is 9.69. The molecule has 1 N–H and O–H groups in total. The molecule has 0 aromatic heterocycles. The smallest absolute Gasteiger partial charge is 0.293 e. The van der Waals surface area contributed by atoms with Gasteiger partial charge >= 0.3 is 0 Å². The molecule has 1 aromatic carbocycles. The highest BCUT2D eigenvalue weighted by atomic mass is 16.5. The Morgan fingerprint density at radius 1 is 1.46 bits per heavy atom. The minimum atomic E-state index is -0.665. The summed E-state index contributed by atoms with van der Waals surface area (Å²) in [5.74, 6) is 0. The maximum atomic E-state index is 10.1. The Labute approximate surface area is 76.0 Å². The number of carbonyl (C=O) groups is 1. The fourth-order valence-electron chi connectivity index (χ4n) is 1.73. The van der Waals surface area contributed by atoms with Gasteiger partial charge in [0.1, 0.15) is 12.2 Å². The van der Waals surface area contributed by atoms with Gasteiger partial charge in [-0.15, -0.1) is 0 Å². The molecule has 0 spiro atoms. The molecule has 0 amide bonds. The molecule has 1 aliphatic carbocycles. The second-order valence-corrected chi connectivity index (χ2v) is 3.12. The monoisotopic (exact) mass is 178 g/mol. The molecule has 0 fully saturated rings. The summed E-state index contributed by atoms with van der Waals surface area (Å²) < 4.78 is 4.77. The Morgan fingerprint density at radius 2 is 2.23 bits per heavy atom. The van der Waals surface area contributed by atoms with Crippen LogP contribution in [0.25, 0.3) is 0 Å². The minimum absolute atomic E-state index is 0.389. The summed E-state index contributed by atoms with van der Waals surface area (Å²) >= 11 is 0. The van der Waals surface area contributed by atoms with Crippen LogP contribution in [0.2, 0.25) is 0 Å². The molecule has 1 aliphatic rings. The van der Waals surface area contributed by atoms with Crippen molar-refractivity contribution in [2.24, 2.45) is 0 Å². The van der Waals surface area contributed by atoms with Gasteiger partial charge in [-0.3, -0.25) is 4.79 Å². The first-order valence-electron chi connectivity index (χ1n) is 4.18. The number of aliphatic hydroxyl groups is 1. The van der Waals surface area contributed by atoms with Crippen LogP contribution >= 0.6 is 0 Å². The van der Waals surface area contributed by atoms with Gasteiger partial charge in [-0.2, -0.15) is 0 Å². The quantitative estimate of drug-likeness (QED) is 0.682. The summed E-state index contributed by atoms with van der Waals surface area (Å²) in [6.45, 7) is 0.389. The Bertz CT molecular complexity index is 322. The average Bonchev–Trinajstić information content (AvgIpc) is 2.46. The fourth-order valence-corrected chi connectivity index (χ4v) is 1.73. The van der Waals surface area contributed by atoms with Crippen molar-refractivity contribution in [2.45, 2.75) is 18.6 Å². The van der Waals surface area contributed by atoms with Crippen molar-refractivity contribution >= 4 is 6.47 Å².